The number of nitrogens with one attached hydrogen (secondary N) is 1. The monoisotopic (exact) mass is 506 g/mol. The van der Waals surface area contributed by atoms with Gasteiger partial charge < -0.3 is 19.0 Å². The smallest absolute Gasteiger partial charge is 0.494 e. The van der Waals surface area contributed by atoms with Crippen LogP contribution in [-0.4, -0.2) is 43.0 Å². The summed E-state index contributed by atoms with van der Waals surface area (Å²) in [6.07, 6.45) is 11.7. The van der Waals surface area contributed by atoms with E-state index in [1.54, 1.807) is 6.07 Å². The Labute approximate surface area is 196 Å². The number of carbonyl (C=O) groups is 1. The first-order chi connectivity index (χ1) is 16.0. The number of aliphatic carboxylic acids is 1. The van der Waals surface area contributed by atoms with E-state index >= 15 is 0 Å². The molecule has 0 amide bonds. The number of carboxylic acids is 1. The second-order valence-corrected chi connectivity index (χ2v) is 9.37. The summed E-state index contributed by atoms with van der Waals surface area (Å²) in [4.78, 5) is 17.4. The first-order valence-corrected chi connectivity index (χ1v) is 12.4. The average molecular weight is 507 g/mol. The molecule has 0 saturated heterocycles. The molecule has 34 heavy (non-hydrogen) atoms. The van der Waals surface area contributed by atoms with Gasteiger partial charge in [0.25, 0.3) is 0 Å². The number of carboxylic acid groups (broad SMARTS) is 1. The Kier molecular flexibility index (Phi) is 10.2. The molecule has 1 aromatic rings. The van der Waals surface area contributed by atoms with Gasteiger partial charge in [0.2, 0.25) is 5.90 Å². The van der Waals surface area contributed by atoms with Crippen molar-refractivity contribution in [3.63, 3.8) is 0 Å². The molecule has 1 aliphatic heterocycles. The Bertz CT molecular complexity index is 1030. The zero-order valence-electron chi connectivity index (χ0n) is 18.9. The SMILES string of the molecule is COC1=CC(OS(=O)(=O)C(F)(F)F)=N/C1=C\c1ccc(CCCCCCCCCCC(=O)O)[nH]1. The lowest BCUT2D eigenvalue weighted by Gasteiger charge is -2.07. The van der Waals surface area contributed by atoms with Crippen LogP contribution in [0.25, 0.3) is 6.08 Å². The lowest BCUT2D eigenvalue weighted by atomic mass is 10.1. The minimum atomic E-state index is -5.82. The maximum absolute atomic E-state index is 12.5. The molecule has 2 rings (SSSR count). The summed E-state index contributed by atoms with van der Waals surface area (Å²) < 4.78 is 69.0. The highest BCUT2D eigenvalue weighted by atomic mass is 32.2. The van der Waals surface area contributed by atoms with Crippen molar-refractivity contribution in [1.29, 1.82) is 0 Å². The van der Waals surface area contributed by atoms with E-state index in [4.69, 9.17) is 9.84 Å². The maximum atomic E-state index is 12.5. The molecule has 0 atom stereocenters. The predicted molar refractivity (Wildman–Crippen MR) is 120 cm³/mol. The lowest BCUT2D eigenvalue weighted by Crippen LogP contribution is -2.27. The molecule has 0 aliphatic carbocycles. The molecule has 0 unspecified atom stereocenters. The van der Waals surface area contributed by atoms with Crippen LogP contribution >= 0.6 is 0 Å². The Morgan fingerprint density at radius 1 is 1.09 bits per heavy atom. The van der Waals surface area contributed by atoms with Gasteiger partial charge in [0.1, 0.15) is 11.5 Å². The van der Waals surface area contributed by atoms with E-state index in [9.17, 15) is 26.4 Å². The molecule has 0 saturated carbocycles. The minimum Gasteiger partial charge on any atom is -0.494 e. The Morgan fingerprint density at radius 3 is 2.29 bits per heavy atom. The van der Waals surface area contributed by atoms with Gasteiger partial charge in [-0.3, -0.25) is 4.79 Å². The molecule has 2 N–H and O–H groups in total. The molecule has 1 aromatic heterocycles. The Morgan fingerprint density at radius 2 is 1.71 bits per heavy atom. The van der Waals surface area contributed by atoms with E-state index in [1.807, 2.05) is 6.07 Å². The number of hydrogen-bond acceptors (Lipinski definition) is 6. The van der Waals surface area contributed by atoms with E-state index in [-0.39, 0.29) is 17.9 Å². The van der Waals surface area contributed by atoms with Gasteiger partial charge >= 0.3 is 21.6 Å². The average Bonchev–Trinajstić information content (AvgIpc) is 3.34. The summed E-state index contributed by atoms with van der Waals surface area (Å²) in [7, 11) is -4.53. The standard InChI is InChI=1S/C22H29F3N2O6S/c1-32-19-15-20(33-34(30,31)22(23,24)25)27-18(19)14-17-13-12-16(26-17)10-8-6-4-2-3-5-7-9-11-21(28)29/h12-15,26H,2-11H2,1H3,(H,28,29)/b18-14-. The number of H-pyrrole nitrogens is 1. The van der Waals surface area contributed by atoms with Crippen molar-refractivity contribution in [3.8, 4) is 0 Å². The summed E-state index contributed by atoms with van der Waals surface area (Å²) in [5.41, 5.74) is -3.80. The van der Waals surface area contributed by atoms with Gasteiger partial charge in [-0.15, -0.1) is 0 Å². The van der Waals surface area contributed by atoms with Crippen LogP contribution in [0.5, 0.6) is 0 Å². The van der Waals surface area contributed by atoms with Crippen molar-refractivity contribution >= 4 is 28.1 Å². The van der Waals surface area contributed by atoms with Crippen LogP contribution in [0.2, 0.25) is 0 Å². The molecule has 12 heteroatoms. The number of hydrogen-bond donors (Lipinski definition) is 2. The van der Waals surface area contributed by atoms with Crippen LogP contribution in [0, 0.1) is 0 Å². The van der Waals surface area contributed by atoms with Gasteiger partial charge in [0.05, 0.1) is 7.11 Å². The zero-order chi connectivity index (χ0) is 25.2. The quantitative estimate of drug-likeness (QED) is 0.201. The van der Waals surface area contributed by atoms with Gasteiger partial charge in [0.15, 0.2) is 0 Å². The molecule has 0 radical (unpaired) electrons. The van der Waals surface area contributed by atoms with Gasteiger partial charge in [-0.05, 0) is 37.5 Å². The minimum absolute atomic E-state index is 0.0754. The first kappa shape index (κ1) is 27.5. The number of alkyl halides is 3. The zero-order valence-corrected chi connectivity index (χ0v) is 19.7. The molecule has 8 nitrogen and oxygen atoms in total. The number of ether oxygens (including phenoxy) is 1. The third kappa shape index (κ3) is 8.88. The van der Waals surface area contributed by atoms with Crippen molar-refractivity contribution in [2.45, 2.75) is 69.7 Å². The summed E-state index contributed by atoms with van der Waals surface area (Å²) in [5, 5.41) is 8.60. The highest BCUT2D eigenvalue weighted by Crippen LogP contribution is 2.28. The molecule has 0 aromatic carbocycles. The van der Waals surface area contributed by atoms with Crippen molar-refractivity contribution in [2.24, 2.45) is 4.99 Å². The lowest BCUT2D eigenvalue weighted by molar-refractivity contribution is -0.137. The summed E-state index contributed by atoms with van der Waals surface area (Å²) in [5.74, 6) is -1.40. The second-order valence-electron chi connectivity index (χ2n) is 7.84. The van der Waals surface area contributed by atoms with Gasteiger partial charge in [-0.2, -0.15) is 21.6 Å². The molecular formula is C22H29F3N2O6S. The van der Waals surface area contributed by atoms with E-state index in [0.717, 1.165) is 69.6 Å². The highest BCUT2D eigenvalue weighted by Gasteiger charge is 2.49. The normalized spacial score (nSPS) is 15.4. The van der Waals surface area contributed by atoms with E-state index in [2.05, 4.69) is 14.2 Å². The first-order valence-electron chi connectivity index (χ1n) is 11.0. The number of methoxy groups -OCH3 is 1. The number of aryl methyl sites for hydroxylation is 1. The number of nitrogens with zero attached hydrogens (tertiary/aromatic N) is 1. The Hall–Kier alpha value is -2.76. The van der Waals surface area contributed by atoms with Crippen LogP contribution in [-0.2, 0) is 30.3 Å². The fourth-order valence-corrected chi connectivity index (χ4v) is 3.75. The van der Waals surface area contributed by atoms with Crippen LogP contribution in [0.3, 0.4) is 0 Å². The van der Waals surface area contributed by atoms with E-state index in [0.29, 0.717) is 5.69 Å². The van der Waals surface area contributed by atoms with Crippen molar-refractivity contribution in [2.75, 3.05) is 7.11 Å². The molecular weight excluding hydrogens is 477 g/mol. The second kappa shape index (κ2) is 12.6. The molecule has 190 valence electrons. The van der Waals surface area contributed by atoms with Gasteiger partial charge in [0, 0.05) is 23.9 Å². The number of aromatic nitrogens is 1. The Balaban J connectivity index is 1.79. The van der Waals surface area contributed by atoms with E-state index in [1.165, 1.54) is 13.2 Å². The largest absolute Gasteiger partial charge is 0.534 e. The molecule has 1 aliphatic rings. The van der Waals surface area contributed by atoms with Crippen LogP contribution in [0.4, 0.5) is 13.2 Å². The highest BCUT2D eigenvalue weighted by molar-refractivity contribution is 7.88. The fraction of sp³-hybridized carbons (Fsp3) is 0.545. The molecule has 2 heterocycles. The van der Waals surface area contributed by atoms with Crippen molar-refractivity contribution in [3.05, 3.63) is 41.1 Å². The van der Waals surface area contributed by atoms with Crippen LogP contribution in [0.15, 0.2) is 34.7 Å². The maximum Gasteiger partial charge on any atom is 0.534 e. The predicted octanol–water partition coefficient (Wildman–Crippen LogP) is 5.30. The third-order valence-electron chi connectivity index (χ3n) is 5.08. The molecule has 0 fully saturated rings. The topological polar surface area (TPSA) is 118 Å². The number of halogens is 3. The van der Waals surface area contributed by atoms with Gasteiger partial charge in [-0.25, -0.2) is 4.99 Å². The van der Waals surface area contributed by atoms with E-state index < -0.39 is 27.5 Å². The number of rotatable bonds is 14. The summed E-state index contributed by atoms with van der Waals surface area (Å²) in [6, 6.07) is 3.68. The third-order valence-corrected chi connectivity index (χ3v) is 6.04. The van der Waals surface area contributed by atoms with Gasteiger partial charge in [-0.1, -0.05) is 38.5 Å². The van der Waals surface area contributed by atoms with Crippen LogP contribution < -0.4 is 0 Å². The summed E-state index contributed by atoms with van der Waals surface area (Å²) in [6.45, 7) is 0. The van der Waals surface area contributed by atoms with Crippen molar-refractivity contribution < 1.29 is 40.4 Å². The summed E-state index contributed by atoms with van der Waals surface area (Å²) >= 11 is 0. The van der Waals surface area contributed by atoms with Crippen molar-refractivity contribution in [1.82, 2.24) is 4.98 Å². The molecule has 0 bridgehead atoms. The molecule has 0 spiro atoms. The number of unbranched alkanes of at least 4 members (excludes halogenated alkanes) is 7. The number of aliphatic imine (C=N–C) groups is 1. The fourth-order valence-electron chi connectivity index (χ4n) is 3.35. The number of aromatic amines is 1. The van der Waals surface area contributed by atoms with Crippen LogP contribution in [0.1, 0.15) is 69.2 Å².